The molecule has 1 fully saturated rings. The number of amides is 1. The van der Waals surface area contributed by atoms with Crippen molar-refractivity contribution in [3.63, 3.8) is 0 Å². The SMILES string of the molecule is CC(NC(=O)C1COCCN1)c1ccc(S(C)(=O)=O)cc1. The van der Waals surface area contributed by atoms with Gasteiger partial charge in [0.2, 0.25) is 5.91 Å². The molecule has 2 atom stereocenters. The van der Waals surface area contributed by atoms with Crippen molar-refractivity contribution < 1.29 is 17.9 Å². The van der Waals surface area contributed by atoms with E-state index in [1.54, 1.807) is 24.3 Å². The zero-order chi connectivity index (χ0) is 15.5. The molecule has 1 heterocycles. The zero-order valence-corrected chi connectivity index (χ0v) is 12.9. The first-order chi connectivity index (χ1) is 9.88. The number of hydrogen-bond acceptors (Lipinski definition) is 5. The second-order valence-electron chi connectivity index (χ2n) is 5.15. The number of benzene rings is 1. The third-order valence-corrected chi connectivity index (χ3v) is 4.53. The Bertz CT molecular complexity index is 592. The van der Waals surface area contributed by atoms with Crippen LogP contribution in [-0.4, -0.2) is 46.4 Å². The fourth-order valence-electron chi connectivity index (χ4n) is 2.13. The molecule has 21 heavy (non-hydrogen) atoms. The van der Waals surface area contributed by atoms with Gasteiger partial charge in [-0.3, -0.25) is 4.79 Å². The van der Waals surface area contributed by atoms with E-state index < -0.39 is 9.84 Å². The second kappa shape index (κ2) is 6.55. The van der Waals surface area contributed by atoms with Gasteiger partial charge in [-0.2, -0.15) is 0 Å². The molecule has 0 radical (unpaired) electrons. The molecule has 2 N–H and O–H groups in total. The zero-order valence-electron chi connectivity index (χ0n) is 12.1. The molecule has 0 saturated carbocycles. The predicted molar refractivity (Wildman–Crippen MR) is 78.7 cm³/mol. The first-order valence-corrected chi connectivity index (χ1v) is 8.68. The van der Waals surface area contributed by atoms with Gasteiger partial charge in [-0.15, -0.1) is 0 Å². The summed E-state index contributed by atoms with van der Waals surface area (Å²) in [5.74, 6) is -0.116. The highest BCUT2D eigenvalue weighted by molar-refractivity contribution is 7.90. The minimum Gasteiger partial charge on any atom is -0.378 e. The summed E-state index contributed by atoms with van der Waals surface area (Å²) in [6.07, 6.45) is 1.17. The molecule has 0 aliphatic carbocycles. The lowest BCUT2D eigenvalue weighted by Gasteiger charge is -2.25. The summed E-state index contributed by atoms with van der Waals surface area (Å²) < 4.78 is 28.1. The number of nitrogens with one attached hydrogen (secondary N) is 2. The van der Waals surface area contributed by atoms with Gasteiger partial charge in [0.25, 0.3) is 0 Å². The van der Waals surface area contributed by atoms with Gasteiger partial charge in [0.15, 0.2) is 9.84 Å². The predicted octanol–water partition coefficient (Wildman–Crippen LogP) is 0.256. The monoisotopic (exact) mass is 312 g/mol. The average molecular weight is 312 g/mol. The van der Waals surface area contributed by atoms with Crippen LogP contribution in [0.1, 0.15) is 18.5 Å². The summed E-state index contributed by atoms with van der Waals surface area (Å²) in [6.45, 7) is 3.50. The van der Waals surface area contributed by atoms with E-state index in [0.29, 0.717) is 19.8 Å². The smallest absolute Gasteiger partial charge is 0.240 e. The summed E-state index contributed by atoms with van der Waals surface area (Å²) in [6, 6.07) is 5.99. The van der Waals surface area contributed by atoms with Crippen molar-refractivity contribution in [2.24, 2.45) is 0 Å². The van der Waals surface area contributed by atoms with Crippen molar-refractivity contribution in [2.75, 3.05) is 26.0 Å². The molecule has 6 nitrogen and oxygen atoms in total. The van der Waals surface area contributed by atoms with E-state index in [9.17, 15) is 13.2 Å². The highest BCUT2D eigenvalue weighted by Crippen LogP contribution is 2.16. The maximum atomic E-state index is 12.1. The number of carbonyl (C=O) groups is 1. The summed E-state index contributed by atoms with van der Waals surface area (Å²) >= 11 is 0. The lowest BCUT2D eigenvalue weighted by atomic mass is 10.1. The summed E-state index contributed by atoms with van der Waals surface area (Å²) in [7, 11) is -3.20. The molecule has 1 amide bonds. The van der Waals surface area contributed by atoms with Gasteiger partial charge >= 0.3 is 0 Å². The van der Waals surface area contributed by atoms with Crippen molar-refractivity contribution in [2.45, 2.75) is 23.9 Å². The molecule has 0 aromatic heterocycles. The summed E-state index contributed by atoms with van der Waals surface area (Å²) in [5, 5.41) is 5.98. The van der Waals surface area contributed by atoms with Crippen LogP contribution in [0.3, 0.4) is 0 Å². The minimum absolute atomic E-state index is 0.116. The Hall–Kier alpha value is -1.44. The van der Waals surface area contributed by atoms with E-state index in [4.69, 9.17) is 4.74 Å². The van der Waals surface area contributed by atoms with Crippen LogP contribution in [-0.2, 0) is 19.4 Å². The largest absolute Gasteiger partial charge is 0.378 e. The normalized spacial score (nSPS) is 20.8. The van der Waals surface area contributed by atoms with Crippen LogP contribution in [0, 0.1) is 0 Å². The lowest BCUT2D eigenvalue weighted by molar-refractivity contribution is -0.126. The lowest BCUT2D eigenvalue weighted by Crippen LogP contribution is -2.51. The highest BCUT2D eigenvalue weighted by Gasteiger charge is 2.22. The molecule has 2 unspecified atom stereocenters. The van der Waals surface area contributed by atoms with E-state index in [1.807, 2.05) is 6.92 Å². The van der Waals surface area contributed by atoms with E-state index in [2.05, 4.69) is 10.6 Å². The maximum Gasteiger partial charge on any atom is 0.240 e. The Morgan fingerprint density at radius 2 is 2.05 bits per heavy atom. The van der Waals surface area contributed by atoms with Crippen molar-refractivity contribution in [3.8, 4) is 0 Å². The van der Waals surface area contributed by atoms with E-state index in [-0.39, 0.29) is 22.9 Å². The molecular weight excluding hydrogens is 292 g/mol. The topological polar surface area (TPSA) is 84.5 Å². The van der Waals surface area contributed by atoms with Crippen molar-refractivity contribution >= 4 is 15.7 Å². The Labute approximate surface area is 124 Å². The average Bonchev–Trinajstić information content (AvgIpc) is 2.47. The van der Waals surface area contributed by atoms with Crippen LogP contribution in [0.2, 0.25) is 0 Å². The first-order valence-electron chi connectivity index (χ1n) is 6.79. The molecule has 1 aromatic carbocycles. The van der Waals surface area contributed by atoms with Crippen molar-refractivity contribution in [3.05, 3.63) is 29.8 Å². The fraction of sp³-hybridized carbons (Fsp3) is 0.500. The third kappa shape index (κ3) is 4.26. The fourth-order valence-corrected chi connectivity index (χ4v) is 2.77. The van der Waals surface area contributed by atoms with E-state index in [0.717, 1.165) is 5.56 Å². The molecule has 1 aliphatic heterocycles. The molecule has 2 rings (SSSR count). The van der Waals surface area contributed by atoms with Gasteiger partial charge in [0.05, 0.1) is 24.2 Å². The Morgan fingerprint density at radius 3 is 2.57 bits per heavy atom. The van der Waals surface area contributed by atoms with E-state index in [1.165, 1.54) is 6.26 Å². The van der Waals surface area contributed by atoms with E-state index >= 15 is 0 Å². The van der Waals surface area contributed by atoms with Crippen LogP contribution in [0.25, 0.3) is 0 Å². The third-order valence-electron chi connectivity index (χ3n) is 3.41. The molecule has 0 bridgehead atoms. The Morgan fingerprint density at radius 1 is 1.38 bits per heavy atom. The quantitative estimate of drug-likeness (QED) is 0.833. The Kier molecular flexibility index (Phi) is 4.97. The summed E-state index contributed by atoms with van der Waals surface area (Å²) in [5.41, 5.74) is 0.854. The van der Waals surface area contributed by atoms with Gasteiger partial charge in [-0.1, -0.05) is 12.1 Å². The van der Waals surface area contributed by atoms with Crippen LogP contribution in [0.15, 0.2) is 29.2 Å². The van der Waals surface area contributed by atoms with Gasteiger partial charge in [0.1, 0.15) is 6.04 Å². The standard InChI is InChI=1S/C14H20N2O4S/c1-10(16-14(17)13-9-20-8-7-15-13)11-3-5-12(6-4-11)21(2,18)19/h3-6,10,13,15H,7-9H2,1-2H3,(H,16,17). The molecule has 1 aliphatic rings. The van der Waals surface area contributed by atoms with Crippen LogP contribution >= 0.6 is 0 Å². The van der Waals surface area contributed by atoms with Crippen LogP contribution in [0.5, 0.6) is 0 Å². The molecule has 1 aromatic rings. The van der Waals surface area contributed by atoms with Crippen molar-refractivity contribution in [1.29, 1.82) is 0 Å². The number of morpholine rings is 1. The first kappa shape index (κ1) is 15.9. The highest BCUT2D eigenvalue weighted by atomic mass is 32.2. The minimum atomic E-state index is -3.20. The number of hydrogen-bond donors (Lipinski definition) is 2. The molecule has 0 spiro atoms. The van der Waals surface area contributed by atoms with Crippen LogP contribution < -0.4 is 10.6 Å². The van der Waals surface area contributed by atoms with Gasteiger partial charge < -0.3 is 15.4 Å². The summed E-state index contributed by atoms with van der Waals surface area (Å²) in [4.78, 5) is 12.3. The number of carbonyl (C=O) groups excluding carboxylic acids is 1. The van der Waals surface area contributed by atoms with Gasteiger partial charge in [-0.25, -0.2) is 8.42 Å². The van der Waals surface area contributed by atoms with Gasteiger partial charge in [-0.05, 0) is 24.6 Å². The van der Waals surface area contributed by atoms with Gasteiger partial charge in [0, 0.05) is 12.8 Å². The molecule has 116 valence electrons. The molecule has 7 heteroatoms. The Balaban J connectivity index is 1.99. The second-order valence-corrected chi connectivity index (χ2v) is 7.17. The van der Waals surface area contributed by atoms with Crippen molar-refractivity contribution in [1.82, 2.24) is 10.6 Å². The number of ether oxygens (including phenoxy) is 1. The number of sulfone groups is 1. The molecule has 1 saturated heterocycles. The van der Waals surface area contributed by atoms with Crippen LogP contribution in [0.4, 0.5) is 0 Å². The molecular formula is C14H20N2O4S. The maximum absolute atomic E-state index is 12.1. The number of rotatable bonds is 4.